The lowest BCUT2D eigenvalue weighted by atomic mass is 10.2. The van der Waals surface area contributed by atoms with E-state index < -0.39 is 0 Å². The van der Waals surface area contributed by atoms with Crippen molar-refractivity contribution in [3.8, 4) is 6.07 Å². The highest BCUT2D eigenvalue weighted by atomic mass is 32.2. The molecule has 20 heavy (non-hydrogen) atoms. The Bertz CT molecular complexity index is 640. The number of nitrogens with zero attached hydrogens (tertiary/aromatic N) is 2. The van der Waals surface area contributed by atoms with Gasteiger partial charge >= 0.3 is 0 Å². The Morgan fingerprint density at radius 1 is 1.20 bits per heavy atom. The molecule has 0 bridgehead atoms. The van der Waals surface area contributed by atoms with Crippen LogP contribution in [0, 0.1) is 25.2 Å². The Labute approximate surface area is 128 Å². The molecule has 0 aliphatic heterocycles. The van der Waals surface area contributed by atoms with Crippen LogP contribution in [0.3, 0.4) is 0 Å². The van der Waals surface area contributed by atoms with Crippen LogP contribution in [0.4, 0.5) is 0 Å². The van der Waals surface area contributed by atoms with Crippen LogP contribution >= 0.6 is 23.5 Å². The van der Waals surface area contributed by atoms with Crippen LogP contribution in [0.5, 0.6) is 0 Å². The van der Waals surface area contributed by atoms with Crippen molar-refractivity contribution in [3.63, 3.8) is 0 Å². The van der Waals surface area contributed by atoms with Crippen molar-refractivity contribution in [2.75, 3.05) is 5.75 Å². The van der Waals surface area contributed by atoms with Gasteiger partial charge in [0.15, 0.2) is 0 Å². The number of thioether (sulfide) groups is 1. The fourth-order valence-electron chi connectivity index (χ4n) is 1.95. The molecule has 102 valence electrons. The Balaban J connectivity index is 2.38. The standard InChI is InChI=1S/C16H16N2S2/c1-4-19-14-6-5-7-15(13(14)10-17)20-16-9-11(2)8-12(3)18-16/h5-9H,4H2,1-3H3. The molecule has 0 amide bonds. The van der Waals surface area contributed by atoms with E-state index in [2.05, 4.69) is 37.0 Å². The monoisotopic (exact) mass is 300 g/mol. The zero-order valence-electron chi connectivity index (χ0n) is 11.8. The van der Waals surface area contributed by atoms with Crippen LogP contribution in [0.2, 0.25) is 0 Å². The fourth-order valence-corrected chi connectivity index (χ4v) is 3.87. The van der Waals surface area contributed by atoms with E-state index in [9.17, 15) is 5.26 Å². The molecule has 0 radical (unpaired) electrons. The van der Waals surface area contributed by atoms with Crippen LogP contribution in [0.15, 0.2) is 45.1 Å². The quantitative estimate of drug-likeness (QED) is 0.758. The van der Waals surface area contributed by atoms with Gasteiger partial charge in [-0.15, -0.1) is 11.8 Å². The summed E-state index contributed by atoms with van der Waals surface area (Å²) in [6, 6.07) is 12.4. The van der Waals surface area contributed by atoms with Gasteiger partial charge in [0.25, 0.3) is 0 Å². The van der Waals surface area contributed by atoms with Gasteiger partial charge in [-0.3, -0.25) is 0 Å². The normalized spacial score (nSPS) is 10.3. The molecule has 0 atom stereocenters. The molecule has 0 spiro atoms. The molecule has 0 fully saturated rings. The predicted octanol–water partition coefficient (Wildman–Crippen LogP) is 4.83. The van der Waals surface area contributed by atoms with Gasteiger partial charge in [-0.25, -0.2) is 4.98 Å². The van der Waals surface area contributed by atoms with Gasteiger partial charge in [0.2, 0.25) is 0 Å². The SMILES string of the molecule is CCSc1cccc(Sc2cc(C)cc(C)n2)c1C#N. The average molecular weight is 300 g/mol. The Morgan fingerprint density at radius 3 is 2.60 bits per heavy atom. The molecule has 2 rings (SSSR count). The first-order chi connectivity index (χ1) is 9.63. The molecule has 1 aromatic carbocycles. The summed E-state index contributed by atoms with van der Waals surface area (Å²) in [6.07, 6.45) is 0. The molecule has 2 nitrogen and oxygen atoms in total. The lowest BCUT2D eigenvalue weighted by Crippen LogP contribution is -1.90. The van der Waals surface area contributed by atoms with Crippen molar-refractivity contribution < 1.29 is 0 Å². The second-order valence-electron chi connectivity index (χ2n) is 4.40. The van der Waals surface area contributed by atoms with E-state index in [0.29, 0.717) is 0 Å². The Hall–Kier alpha value is -1.44. The van der Waals surface area contributed by atoms with E-state index in [1.165, 1.54) is 5.56 Å². The van der Waals surface area contributed by atoms with E-state index in [1.54, 1.807) is 23.5 Å². The van der Waals surface area contributed by atoms with Crippen molar-refractivity contribution in [1.29, 1.82) is 5.26 Å². The van der Waals surface area contributed by atoms with Crippen molar-refractivity contribution in [1.82, 2.24) is 4.98 Å². The van der Waals surface area contributed by atoms with E-state index in [4.69, 9.17) is 0 Å². The smallest absolute Gasteiger partial charge is 0.102 e. The van der Waals surface area contributed by atoms with Gasteiger partial charge in [-0.05, 0) is 49.4 Å². The largest absolute Gasteiger partial charge is 0.246 e. The minimum atomic E-state index is 0.755. The zero-order valence-corrected chi connectivity index (χ0v) is 13.4. The van der Waals surface area contributed by atoms with Crippen molar-refractivity contribution >= 4 is 23.5 Å². The van der Waals surface area contributed by atoms with Crippen LogP contribution in [-0.4, -0.2) is 10.7 Å². The second-order valence-corrected chi connectivity index (χ2v) is 6.77. The van der Waals surface area contributed by atoms with Crippen LogP contribution < -0.4 is 0 Å². The highest BCUT2D eigenvalue weighted by Crippen LogP contribution is 2.34. The lowest BCUT2D eigenvalue weighted by molar-refractivity contribution is 1.04. The summed E-state index contributed by atoms with van der Waals surface area (Å²) in [5, 5.41) is 10.4. The van der Waals surface area contributed by atoms with Gasteiger partial charge in [-0.1, -0.05) is 24.8 Å². The second kappa shape index (κ2) is 6.83. The molecule has 0 aliphatic carbocycles. The molecular weight excluding hydrogens is 284 g/mol. The van der Waals surface area contributed by atoms with Gasteiger partial charge in [0, 0.05) is 15.5 Å². The van der Waals surface area contributed by atoms with Crippen LogP contribution in [0.1, 0.15) is 23.7 Å². The highest BCUT2D eigenvalue weighted by Gasteiger charge is 2.10. The average Bonchev–Trinajstić information content (AvgIpc) is 2.38. The summed E-state index contributed by atoms with van der Waals surface area (Å²) in [7, 11) is 0. The number of hydrogen-bond donors (Lipinski definition) is 0. The van der Waals surface area contributed by atoms with E-state index in [-0.39, 0.29) is 0 Å². The number of aryl methyl sites for hydroxylation is 2. The summed E-state index contributed by atoms with van der Waals surface area (Å²) in [6.45, 7) is 6.15. The summed E-state index contributed by atoms with van der Waals surface area (Å²) < 4.78 is 0. The van der Waals surface area contributed by atoms with E-state index in [0.717, 1.165) is 31.8 Å². The topological polar surface area (TPSA) is 36.7 Å². The van der Waals surface area contributed by atoms with Crippen molar-refractivity contribution in [2.24, 2.45) is 0 Å². The molecule has 1 heterocycles. The fraction of sp³-hybridized carbons (Fsp3) is 0.250. The first-order valence-electron chi connectivity index (χ1n) is 6.43. The highest BCUT2D eigenvalue weighted by molar-refractivity contribution is 8.00. The molecule has 0 N–H and O–H groups in total. The number of nitriles is 1. The lowest BCUT2D eigenvalue weighted by Gasteiger charge is -2.08. The van der Waals surface area contributed by atoms with Gasteiger partial charge in [0.1, 0.15) is 11.1 Å². The van der Waals surface area contributed by atoms with Crippen LogP contribution in [-0.2, 0) is 0 Å². The first kappa shape index (κ1) is 15.0. The van der Waals surface area contributed by atoms with Gasteiger partial charge < -0.3 is 0 Å². The minimum absolute atomic E-state index is 0.755. The Kier molecular flexibility index (Phi) is 5.11. The molecule has 0 saturated carbocycles. The number of aromatic nitrogens is 1. The number of pyridine rings is 1. The molecule has 0 saturated heterocycles. The summed E-state index contributed by atoms with van der Waals surface area (Å²) >= 11 is 3.26. The van der Waals surface area contributed by atoms with E-state index >= 15 is 0 Å². The maximum Gasteiger partial charge on any atom is 0.102 e. The number of hydrogen-bond acceptors (Lipinski definition) is 4. The number of rotatable bonds is 4. The maximum absolute atomic E-state index is 9.42. The van der Waals surface area contributed by atoms with Crippen molar-refractivity contribution in [3.05, 3.63) is 47.2 Å². The summed E-state index contributed by atoms with van der Waals surface area (Å²) in [5.41, 5.74) is 2.95. The molecule has 2 aromatic rings. The third-order valence-corrected chi connectivity index (χ3v) is 4.61. The molecule has 1 aromatic heterocycles. The van der Waals surface area contributed by atoms with Crippen LogP contribution in [0.25, 0.3) is 0 Å². The molecule has 0 aliphatic rings. The van der Waals surface area contributed by atoms with Gasteiger partial charge in [0.05, 0.1) is 5.56 Å². The third kappa shape index (κ3) is 3.56. The van der Waals surface area contributed by atoms with E-state index in [1.807, 2.05) is 25.1 Å². The van der Waals surface area contributed by atoms with Crippen molar-refractivity contribution in [2.45, 2.75) is 35.6 Å². The van der Waals surface area contributed by atoms with Gasteiger partial charge in [-0.2, -0.15) is 5.26 Å². The first-order valence-corrected chi connectivity index (χ1v) is 8.23. The predicted molar refractivity (Wildman–Crippen MR) is 85.4 cm³/mol. The maximum atomic E-state index is 9.42. The third-order valence-electron chi connectivity index (χ3n) is 2.69. The molecular formula is C16H16N2S2. The summed E-state index contributed by atoms with van der Waals surface area (Å²) in [4.78, 5) is 6.55. The number of benzene rings is 1. The molecule has 0 unspecified atom stereocenters. The summed E-state index contributed by atoms with van der Waals surface area (Å²) in [5.74, 6) is 0.963. The Morgan fingerprint density at radius 2 is 1.95 bits per heavy atom. The minimum Gasteiger partial charge on any atom is -0.246 e. The zero-order chi connectivity index (χ0) is 14.5. The molecule has 4 heteroatoms.